The minimum absolute atomic E-state index is 0.0787. The van der Waals surface area contributed by atoms with E-state index in [1.54, 1.807) is 55.7 Å². The molecule has 1 saturated heterocycles. The van der Waals surface area contributed by atoms with Crippen molar-refractivity contribution >= 4 is 46.4 Å². The molecule has 0 aliphatic carbocycles. The minimum atomic E-state index is -0.657. The van der Waals surface area contributed by atoms with Gasteiger partial charge in [-0.3, -0.25) is 19.3 Å². The molecule has 3 amide bonds. The largest absolute Gasteiger partial charge is 0.497 e. The number of carbonyl (C=O) groups is 4. The average Bonchev–Trinajstić information content (AvgIpc) is 3.14. The molecule has 1 fully saturated rings. The number of imide groups is 1. The lowest BCUT2D eigenvalue weighted by Crippen LogP contribution is -2.38. The summed E-state index contributed by atoms with van der Waals surface area (Å²) in [5.74, 6) is -0.704. The second kappa shape index (κ2) is 11.1. The van der Waals surface area contributed by atoms with Crippen LogP contribution in [0.2, 0.25) is 0 Å². The third-order valence-electron chi connectivity index (χ3n) is 4.54. The van der Waals surface area contributed by atoms with E-state index in [4.69, 9.17) is 9.47 Å². The van der Waals surface area contributed by atoms with E-state index in [-0.39, 0.29) is 35.6 Å². The quantitative estimate of drug-likeness (QED) is 0.353. The molecule has 0 saturated carbocycles. The van der Waals surface area contributed by atoms with Crippen LogP contribution in [0.5, 0.6) is 5.75 Å². The summed E-state index contributed by atoms with van der Waals surface area (Å²) in [4.78, 5) is 49.0. The van der Waals surface area contributed by atoms with Gasteiger partial charge in [0.05, 0.1) is 18.4 Å². The van der Waals surface area contributed by atoms with Gasteiger partial charge in [0.25, 0.3) is 11.1 Å². The third-order valence-corrected chi connectivity index (χ3v) is 5.40. The van der Waals surface area contributed by atoms with Crippen LogP contribution in [0.3, 0.4) is 0 Å². The Kier molecular flexibility index (Phi) is 8.04. The summed E-state index contributed by atoms with van der Waals surface area (Å²) in [6, 6.07) is 16.2. The molecule has 166 valence electrons. The normalized spacial score (nSPS) is 13.8. The number of hydrogen-bond donors (Lipinski definition) is 1. The predicted molar refractivity (Wildman–Crippen MR) is 121 cm³/mol. The fraction of sp³-hybridized carbons (Fsp3) is 0.217. The number of nitrogens with one attached hydrogen (secondary N) is 1. The molecule has 8 nitrogen and oxygen atoms in total. The van der Waals surface area contributed by atoms with Gasteiger partial charge >= 0.3 is 5.97 Å². The standard InChI is InChI=1S/C23H22N2O6S/c1-30-18-9-5-6-16(12-18)13-19(17-7-3-2-4-8-17)22(28)31-14-20(26)24-10-11-25-21(27)15-32-23(25)29/h2-9,12-13H,10-11,14-15H2,1H3,(H,24,26)/b19-13+. The lowest BCUT2D eigenvalue weighted by Gasteiger charge is -2.13. The van der Waals surface area contributed by atoms with Crippen molar-refractivity contribution in [1.29, 1.82) is 0 Å². The zero-order valence-electron chi connectivity index (χ0n) is 17.4. The molecule has 0 spiro atoms. The van der Waals surface area contributed by atoms with Gasteiger partial charge in [-0.1, -0.05) is 54.2 Å². The van der Waals surface area contributed by atoms with E-state index in [1.165, 1.54) is 0 Å². The van der Waals surface area contributed by atoms with E-state index in [9.17, 15) is 19.2 Å². The number of ether oxygens (including phenoxy) is 2. The van der Waals surface area contributed by atoms with Gasteiger partial charge in [-0.2, -0.15) is 0 Å². The molecule has 0 bridgehead atoms. The van der Waals surface area contributed by atoms with Gasteiger partial charge in [0.2, 0.25) is 5.91 Å². The number of methoxy groups -OCH3 is 1. The van der Waals surface area contributed by atoms with Crippen LogP contribution in [-0.2, 0) is 19.1 Å². The maximum Gasteiger partial charge on any atom is 0.339 e. The summed E-state index contributed by atoms with van der Waals surface area (Å²) in [6.45, 7) is -0.327. The zero-order valence-corrected chi connectivity index (χ0v) is 18.2. The van der Waals surface area contributed by atoms with Crippen LogP contribution in [0.25, 0.3) is 11.6 Å². The molecule has 0 atom stereocenters. The first-order chi connectivity index (χ1) is 15.5. The summed E-state index contributed by atoms with van der Waals surface area (Å²) in [7, 11) is 1.56. The fourth-order valence-corrected chi connectivity index (χ4v) is 3.69. The number of amides is 3. The summed E-state index contributed by atoms with van der Waals surface area (Å²) < 4.78 is 10.4. The monoisotopic (exact) mass is 454 g/mol. The molecule has 2 aromatic carbocycles. The lowest BCUT2D eigenvalue weighted by molar-refractivity contribution is -0.142. The Hall–Kier alpha value is -3.59. The Balaban J connectivity index is 1.61. The fourth-order valence-electron chi connectivity index (χ4n) is 2.94. The third kappa shape index (κ3) is 6.21. The number of nitrogens with zero attached hydrogens (tertiary/aromatic N) is 1. The topological polar surface area (TPSA) is 102 Å². The second-order valence-corrected chi connectivity index (χ2v) is 7.65. The number of benzene rings is 2. The van der Waals surface area contributed by atoms with Gasteiger partial charge in [0.15, 0.2) is 6.61 Å². The van der Waals surface area contributed by atoms with Crippen LogP contribution in [0.4, 0.5) is 4.79 Å². The van der Waals surface area contributed by atoms with E-state index in [1.807, 2.05) is 12.1 Å². The summed E-state index contributed by atoms with van der Waals surface area (Å²) in [6.07, 6.45) is 1.67. The molecule has 0 unspecified atom stereocenters. The van der Waals surface area contributed by atoms with Crippen molar-refractivity contribution in [2.45, 2.75) is 0 Å². The molecule has 1 aliphatic rings. The van der Waals surface area contributed by atoms with E-state index in [0.29, 0.717) is 11.3 Å². The molecule has 0 aromatic heterocycles. The maximum absolute atomic E-state index is 12.8. The van der Waals surface area contributed by atoms with Gasteiger partial charge in [-0.05, 0) is 29.3 Å². The zero-order chi connectivity index (χ0) is 22.9. The molecule has 1 aliphatic heterocycles. The highest BCUT2D eigenvalue weighted by atomic mass is 32.2. The Morgan fingerprint density at radius 3 is 2.59 bits per heavy atom. The van der Waals surface area contributed by atoms with Gasteiger partial charge in [-0.25, -0.2) is 4.79 Å². The summed E-state index contributed by atoms with van der Waals surface area (Å²) >= 11 is 0.932. The number of carbonyl (C=O) groups excluding carboxylic acids is 4. The van der Waals surface area contributed by atoms with Crippen molar-refractivity contribution in [2.24, 2.45) is 0 Å². The highest BCUT2D eigenvalue weighted by molar-refractivity contribution is 8.14. The molecule has 9 heteroatoms. The smallest absolute Gasteiger partial charge is 0.339 e. The van der Waals surface area contributed by atoms with Crippen LogP contribution in [0.1, 0.15) is 11.1 Å². The van der Waals surface area contributed by atoms with Crippen molar-refractivity contribution < 1.29 is 28.7 Å². The van der Waals surface area contributed by atoms with E-state index in [0.717, 1.165) is 22.2 Å². The lowest BCUT2D eigenvalue weighted by atomic mass is 10.0. The van der Waals surface area contributed by atoms with Crippen molar-refractivity contribution in [2.75, 3.05) is 32.6 Å². The number of thioether (sulfide) groups is 1. The minimum Gasteiger partial charge on any atom is -0.497 e. The van der Waals surface area contributed by atoms with Gasteiger partial charge in [0, 0.05) is 13.1 Å². The first-order valence-corrected chi connectivity index (χ1v) is 10.8. The SMILES string of the molecule is COc1cccc(/C=C(/C(=O)OCC(=O)NCCN2C(=O)CSC2=O)c2ccccc2)c1. The van der Waals surface area contributed by atoms with E-state index >= 15 is 0 Å². The number of esters is 1. The van der Waals surface area contributed by atoms with Gasteiger partial charge in [0.1, 0.15) is 5.75 Å². The molecule has 1 heterocycles. The molecule has 0 radical (unpaired) electrons. The Morgan fingerprint density at radius 1 is 1.12 bits per heavy atom. The second-order valence-electron chi connectivity index (χ2n) is 6.73. The van der Waals surface area contributed by atoms with Crippen molar-refractivity contribution in [3.05, 3.63) is 65.7 Å². The van der Waals surface area contributed by atoms with E-state index in [2.05, 4.69) is 5.32 Å². The summed E-state index contributed by atoms with van der Waals surface area (Å²) in [5.41, 5.74) is 1.67. The van der Waals surface area contributed by atoms with Crippen LogP contribution < -0.4 is 10.1 Å². The van der Waals surface area contributed by atoms with Crippen LogP contribution in [0, 0.1) is 0 Å². The molecule has 32 heavy (non-hydrogen) atoms. The maximum atomic E-state index is 12.8. The van der Waals surface area contributed by atoms with Gasteiger partial charge in [-0.15, -0.1) is 0 Å². The average molecular weight is 455 g/mol. The number of hydrogen-bond acceptors (Lipinski definition) is 7. The van der Waals surface area contributed by atoms with Crippen LogP contribution in [-0.4, -0.2) is 60.5 Å². The number of rotatable bonds is 9. The highest BCUT2D eigenvalue weighted by Gasteiger charge is 2.29. The first kappa shape index (κ1) is 23.1. The van der Waals surface area contributed by atoms with E-state index < -0.39 is 18.5 Å². The van der Waals surface area contributed by atoms with Crippen LogP contribution in [0.15, 0.2) is 54.6 Å². The Morgan fingerprint density at radius 2 is 1.91 bits per heavy atom. The highest BCUT2D eigenvalue weighted by Crippen LogP contribution is 2.22. The van der Waals surface area contributed by atoms with Crippen molar-refractivity contribution in [1.82, 2.24) is 10.2 Å². The van der Waals surface area contributed by atoms with Crippen molar-refractivity contribution in [3.8, 4) is 5.75 Å². The molecule has 2 aromatic rings. The molecule has 3 rings (SSSR count). The Labute approximate surface area is 189 Å². The van der Waals surface area contributed by atoms with Crippen molar-refractivity contribution in [3.63, 3.8) is 0 Å². The molecular formula is C23H22N2O6S. The summed E-state index contributed by atoms with van der Waals surface area (Å²) in [5, 5.41) is 2.21. The van der Waals surface area contributed by atoms with Crippen LogP contribution >= 0.6 is 11.8 Å². The Bertz CT molecular complexity index is 1020. The first-order valence-electron chi connectivity index (χ1n) is 9.80. The predicted octanol–water partition coefficient (Wildman–Crippen LogP) is 2.59. The molecule has 1 N–H and O–H groups in total. The van der Waals surface area contributed by atoms with Gasteiger partial charge < -0.3 is 14.8 Å². The molecular weight excluding hydrogens is 432 g/mol.